The third kappa shape index (κ3) is 4.13. The zero-order valence-electron chi connectivity index (χ0n) is 15.1. The summed E-state index contributed by atoms with van der Waals surface area (Å²) in [5.74, 6) is -0.255. The molecule has 0 saturated heterocycles. The number of rotatable bonds is 4. The van der Waals surface area contributed by atoms with Crippen molar-refractivity contribution in [1.29, 1.82) is 0 Å². The van der Waals surface area contributed by atoms with E-state index >= 15 is 0 Å². The van der Waals surface area contributed by atoms with E-state index in [0.29, 0.717) is 16.8 Å². The van der Waals surface area contributed by atoms with Crippen LogP contribution in [-0.4, -0.2) is 15.5 Å². The lowest BCUT2D eigenvalue weighted by Crippen LogP contribution is -2.18. The molecule has 1 amide bonds. The van der Waals surface area contributed by atoms with E-state index < -0.39 is 11.7 Å². The molecule has 3 aromatic carbocycles. The van der Waals surface area contributed by atoms with Crippen LogP contribution in [0.4, 0.5) is 18.9 Å². The lowest BCUT2D eigenvalue weighted by molar-refractivity contribution is -0.137. The molecule has 0 fully saturated rings. The smallest absolute Gasteiger partial charge is 0.325 e. The molecule has 0 aliphatic rings. The summed E-state index contributed by atoms with van der Waals surface area (Å²) in [5, 5.41) is 2.79. The first kappa shape index (κ1) is 18.7. The fraction of sp³-hybridized carbons (Fsp3) is 0.0909. The van der Waals surface area contributed by atoms with Crippen LogP contribution in [0.25, 0.3) is 22.2 Å². The van der Waals surface area contributed by atoms with Gasteiger partial charge in [-0.3, -0.25) is 4.79 Å². The summed E-state index contributed by atoms with van der Waals surface area (Å²) in [4.78, 5) is 16.7. The van der Waals surface area contributed by atoms with Crippen LogP contribution in [0.3, 0.4) is 0 Å². The molecule has 146 valence electrons. The van der Waals surface area contributed by atoms with Gasteiger partial charge in [0.1, 0.15) is 6.54 Å². The van der Waals surface area contributed by atoms with E-state index in [9.17, 15) is 18.0 Å². The van der Waals surface area contributed by atoms with Crippen LogP contribution in [0.2, 0.25) is 0 Å². The molecule has 4 aromatic rings. The van der Waals surface area contributed by atoms with Crippen molar-refractivity contribution in [1.82, 2.24) is 9.55 Å². The number of para-hydroxylation sites is 2. The molecule has 0 radical (unpaired) electrons. The van der Waals surface area contributed by atoms with Gasteiger partial charge in [0, 0.05) is 5.69 Å². The zero-order valence-corrected chi connectivity index (χ0v) is 15.1. The van der Waals surface area contributed by atoms with Gasteiger partial charge in [-0.25, -0.2) is 4.98 Å². The highest BCUT2D eigenvalue weighted by Gasteiger charge is 2.30. The third-order valence-corrected chi connectivity index (χ3v) is 4.51. The second-order valence-corrected chi connectivity index (χ2v) is 6.57. The van der Waals surface area contributed by atoms with Crippen LogP contribution >= 0.6 is 0 Å². The average Bonchev–Trinajstić information content (AvgIpc) is 3.10. The largest absolute Gasteiger partial charge is 0.416 e. The van der Waals surface area contributed by atoms with E-state index in [1.807, 2.05) is 24.3 Å². The van der Waals surface area contributed by atoms with E-state index in [4.69, 9.17) is 0 Å². The molecule has 0 bridgehead atoms. The SMILES string of the molecule is O=C(Cn1cnc2ccccc21)Nc1cccc(-c2cccc(C(F)(F)F)c2)c1. The number of carbonyl (C=O) groups excluding carboxylic acids is 1. The monoisotopic (exact) mass is 395 g/mol. The highest BCUT2D eigenvalue weighted by atomic mass is 19.4. The first-order chi connectivity index (χ1) is 13.9. The predicted molar refractivity (Wildman–Crippen MR) is 105 cm³/mol. The lowest BCUT2D eigenvalue weighted by Gasteiger charge is -2.11. The number of nitrogens with zero attached hydrogens (tertiary/aromatic N) is 2. The number of hydrogen-bond donors (Lipinski definition) is 1. The number of alkyl halides is 3. The summed E-state index contributed by atoms with van der Waals surface area (Å²) in [6, 6.07) is 19.3. The molecule has 0 aliphatic heterocycles. The minimum atomic E-state index is -4.41. The van der Waals surface area contributed by atoms with E-state index in [0.717, 1.165) is 23.2 Å². The van der Waals surface area contributed by atoms with Crippen molar-refractivity contribution in [2.24, 2.45) is 0 Å². The quantitative estimate of drug-likeness (QED) is 0.506. The Hall–Kier alpha value is -3.61. The number of aromatic nitrogens is 2. The van der Waals surface area contributed by atoms with Gasteiger partial charge in [-0.05, 0) is 47.5 Å². The van der Waals surface area contributed by atoms with Crippen molar-refractivity contribution in [3.05, 3.63) is 84.7 Å². The van der Waals surface area contributed by atoms with Crippen molar-refractivity contribution < 1.29 is 18.0 Å². The Balaban J connectivity index is 1.53. The summed E-state index contributed by atoms with van der Waals surface area (Å²) in [5.41, 5.74) is 2.46. The molecule has 1 aromatic heterocycles. The Labute approximate surface area is 164 Å². The highest BCUT2D eigenvalue weighted by Crippen LogP contribution is 2.32. The minimum absolute atomic E-state index is 0.0777. The van der Waals surface area contributed by atoms with Crippen molar-refractivity contribution in [3.63, 3.8) is 0 Å². The van der Waals surface area contributed by atoms with Crippen molar-refractivity contribution in [2.45, 2.75) is 12.7 Å². The van der Waals surface area contributed by atoms with Crippen molar-refractivity contribution >= 4 is 22.6 Å². The van der Waals surface area contributed by atoms with Crippen LogP contribution in [0.1, 0.15) is 5.56 Å². The molecule has 4 rings (SSSR count). The molecule has 1 heterocycles. The number of nitrogens with one attached hydrogen (secondary N) is 1. The summed E-state index contributed by atoms with van der Waals surface area (Å²) in [6.45, 7) is 0.0777. The van der Waals surface area contributed by atoms with E-state index in [2.05, 4.69) is 10.3 Å². The van der Waals surface area contributed by atoms with Gasteiger partial charge >= 0.3 is 6.18 Å². The van der Waals surface area contributed by atoms with E-state index in [1.54, 1.807) is 41.2 Å². The van der Waals surface area contributed by atoms with E-state index in [-0.39, 0.29) is 12.5 Å². The van der Waals surface area contributed by atoms with Gasteiger partial charge in [-0.1, -0.05) is 36.4 Å². The second-order valence-electron chi connectivity index (χ2n) is 6.57. The minimum Gasteiger partial charge on any atom is -0.325 e. The number of hydrogen-bond acceptors (Lipinski definition) is 2. The van der Waals surface area contributed by atoms with Crippen molar-refractivity contribution in [3.8, 4) is 11.1 Å². The maximum absolute atomic E-state index is 13.0. The van der Waals surface area contributed by atoms with Crippen LogP contribution in [0.15, 0.2) is 79.1 Å². The summed E-state index contributed by atoms with van der Waals surface area (Å²) < 4.78 is 40.6. The molecule has 29 heavy (non-hydrogen) atoms. The molecule has 0 atom stereocenters. The summed E-state index contributed by atoms with van der Waals surface area (Å²) in [7, 11) is 0. The lowest BCUT2D eigenvalue weighted by atomic mass is 10.0. The summed E-state index contributed by atoms with van der Waals surface area (Å²) >= 11 is 0. The van der Waals surface area contributed by atoms with Gasteiger partial charge in [0.15, 0.2) is 0 Å². The molecule has 1 N–H and O–H groups in total. The van der Waals surface area contributed by atoms with Crippen LogP contribution in [0.5, 0.6) is 0 Å². The topological polar surface area (TPSA) is 46.9 Å². The first-order valence-corrected chi connectivity index (χ1v) is 8.87. The Morgan fingerprint density at radius 1 is 0.931 bits per heavy atom. The number of carbonyl (C=O) groups is 1. The number of amides is 1. The van der Waals surface area contributed by atoms with Crippen LogP contribution < -0.4 is 5.32 Å². The van der Waals surface area contributed by atoms with Gasteiger partial charge in [-0.15, -0.1) is 0 Å². The zero-order chi connectivity index (χ0) is 20.4. The Kier molecular flexibility index (Phi) is 4.80. The molecule has 7 heteroatoms. The highest BCUT2D eigenvalue weighted by molar-refractivity contribution is 5.92. The molecule has 0 unspecified atom stereocenters. The Bertz CT molecular complexity index is 1180. The fourth-order valence-electron chi connectivity index (χ4n) is 3.14. The maximum Gasteiger partial charge on any atom is 0.416 e. The van der Waals surface area contributed by atoms with Gasteiger partial charge < -0.3 is 9.88 Å². The standard InChI is InChI=1S/C22H16F3N3O/c23-22(24,25)17-7-3-5-15(11-17)16-6-4-8-18(12-16)27-21(29)13-28-14-26-19-9-1-2-10-20(19)28/h1-12,14H,13H2,(H,27,29). The van der Waals surface area contributed by atoms with Crippen LogP contribution in [-0.2, 0) is 17.5 Å². The van der Waals surface area contributed by atoms with Crippen molar-refractivity contribution in [2.75, 3.05) is 5.32 Å². The second kappa shape index (κ2) is 7.43. The Morgan fingerprint density at radius 3 is 2.45 bits per heavy atom. The average molecular weight is 395 g/mol. The number of fused-ring (bicyclic) bond motifs is 1. The molecular formula is C22H16F3N3O. The van der Waals surface area contributed by atoms with Crippen LogP contribution in [0, 0.1) is 0 Å². The molecular weight excluding hydrogens is 379 g/mol. The number of imidazole rings is 1. The van der Waals surface area contributed by atoms with Gasteiger partial charge in [0.2, 0.25) is 5.91 Å². The fourth-order valence-corrected chi connectivity index (χ4v) is 3.14. The predicted octanol–water partition coefficient (Wildman–Crippen LogP) is 5.36. The Morgan fingerprint density at radius 2 is 1.66 bits per heavy atom. The number of anilines is 1. The molecule has 0 spiro atoms. The first-order valence-electron chi connectivity index (χ1n) is 8.87. The molecule has 0 saturated carbocycles. The number of halogens is 3. The molecule has 4 nitrogen and oxygen atoms in total. The van der Waals surface area contributed by atoms with Gasteiger partial charge in [0.25, 0.3) is 0 Å². The maximum atomic E-state index is 13.0. The summed E-state index contributed by atoms with van der Waals surface area (Å²) in [6.07, 6.45) is -2.81. The number of benzene rings is 3. The van der Waals surface area contributed by atoms with Gasteiger partial charge in [-0.2, -0.15) is 13.2 Å². The molecule has 0 aliphatic carbocycles. The van der Waals surface area contributed by atoms with Gasteiger partial charge in [0.05, 0.1) is 22.9 Å². The third-order valence-electron chi connectivity index (χ3n) is 4.51. The van der Waals surface area contributed by atoms with E-state index in [1.165, 1.54) is 6.07 Å². The normalized spacial score (nSPS) is 11.6.